The summed E-state index contributed by atoms with van der Waals surface area (Å²) in [5, 5.41) is 12.2. The summed E-state index contributed by atoms with van der Waals surface area (Å²) in [6.45, 7) is 9.39. The van der Waals surface area contributed by atoms with Crippen LogP contribution in [0.4, 0.5) is 0 Å². The summed E-state index contributed by atoms with van der Waals surface area (Å²) in [6, 6.07) is 20.3. The minimum absolute atomic E-state index is 0.102. The molecule has 130 valence electrons. The van der Waals surface area contributed by atoms with Gasteiger partial charge in [0, 0.05) is 0 Å². The molecule has 0 radical (unpaired) electrons. The van der Waals surface area contributed by atoms with Crippen molar-refractivity contribution in [1.29, 1.82) is 0 Å². The van der Waals surface area contributed by atoms with Gasteiger partial charge in [-0.15, -0.1) is 0 Å². The lowest BCUT2D eigenvalue weighted by molar-refractivity contribution is -0.0911. The van der Waals surface area contributed by atoms with Gasteiger partial charge in [0.15, 0.2) is 0 Å². The number of benzene rings is 2. The lowest BCUT2D eigenvalue weighted by Gasteiger charge is -2.64. The fourth-order valence-corrected chi connectivity index (χ4v) is 5.53. The molecular formula is C24H28O. The van der Waals surface area contributed by atoms with Crippen molar-refractivity contribution in [3.63, 3.8) is 0 Å². The molecule has 2 aromatic carbocycles. The lowest BCUT2D eigenvalue weighted by atomic mass is 9.40. The molecule has 1 fully saturated rings. The summed E-state index contributed by atoms with van der Waals surface area (Å²) >= 11 is 0. The van der Waals surface area contributed by atoms with Gasteiger partial charge in [-0.25, -0.2) is 0 Å². The highest BCUT2D eigenvalue weighted by Gasteiger charge is 2.61. The number of fused-ring (bicyclic) bond motifs is 1. The third-order valence-electron chi connectivity index (χ3n) is 6.87. The summed E-state index contributed by atoms with van der Waals surface area (Å²) in [4.78, 5) is 0. The maximum Gasteiger partial charge on any atom is 0.136 e. The maximum absolute atomic E-state index is 12.2. The minimum Gasteiger partial charge on any atom is -0.376 e. The Kier molecular flexibility index (Phi) is 3.53. The first kappa shape index (κ1) is 16.6. The van der Waals surface area contributed by atoms with Crippen LogP contribution in [0.5, 0.6) is 0 Å². The predicted octanol–water partition coefficient (Wildman–Crippen LogP) is 5.55. The SMILES string of the molecule is CC1(C)C=C(C(O)(c2ccccc2)c2ccccc2)[C@H]2C[C@@H]1C2(C)C. The largest absolute Gasteiger partial charge is 0.376 e. The van der Waals surface area contributed by atoms with Crippen LogP contribution >= 0.6 is 0 Å². The molecule has 5 rings (SSSR count). The molecule has 0 unspecified atom stereocenters. The van der Waals surface area contributed by atoms with Crippen LogP contribution < -0.4 is 0 Å². The zero-order chi connectivity index (χ0) is 17.9. The molecule has 1 N–H and O–H groups in total. The van der Waals surface area contributed by atoms with E-state index >= 15 is 0 Å². The van der Waals surface area contributed by atoms with Gasteiger partial charge >= 0.3 is 0 Å². The monoisotopic (exact) mass is 332 g/mol. The smallest absolute Gasteiger partial charge is 0.136 e. The van der Waals surface area contributed by atoms with Crippen molar-refractivity contribution in [1.82, 2.24) is 0 Å². The molecule has 0 aliphatic heterocycles. The van der Waals surface area contributed by atoms with Crippen molar-refractivity contribution in [2.24, 2.45) is 22.7 Å². The van der Waals surface area contributed by atoms with Crippen LogP contribution in [0.1, 0.15) is 45.2 Å². The molecule has 0 aromatic heterocycles. The Labute approximate surface area is 151 Å². The van der Waals surface area contributed by atoms with E-state index in [1.54, 1.807) is 0 Å². The highest BCUT2D eigenvalue weighted by molar-refractivity contribution is 5.49. The van der Waals surface area contributed by atoms with Crippen molar-refractivity contribution in [3.05, 3.63) is 83.4 Å². The first-order valence-electron chi connectivity index (χ1n) is 9.34. The summed E-state index contributed by atoms with van der Waals surface area (Å²) < 4.78 is 0. The first-order chi connectivity index (χ1) is 11.8. The molecule has 3 aliphatic carbocycles. The zero-order valence-corrected chi connectivity index (χ0v) is 15.7. The van der Waals surface area contributed by atoms with Gasteiger partial charge in [0.1, 0.15) is 5.60 Å². The van der Waals surface area contributed by atoms with Gasteiger partial charge in [0.2, 0.25) is 0 Å². The molecule has 0 saturated heterocycles. The highest BCUT2D eigenvalue weighted by Crippen LogP contribution is 2.68. The van der Waals surface area contributed by atoms with Crippen molar-refractivity contribution < 1.29 is 5.11 Å². The predicted molar refractivity (Wildman–Crippen MR) is 103 cm³/mol. The van der Waals surface area contributed by atoms with Gasteiger partial charge < -0.3 is 5.11 Å². The van der Waals surface area contributed by atoms with E-state index < -0.39 is 5.60 Å². The molecule has 1 nitrogen and oxygen atoms in total. The second kappa shape index (κ2) is 5.32. The average molecular weight is 332 g/mol. The number of hydrogen-bond donors (Lipinski definition) is 1. The Balaban J connectivity index is 1.96. The van der Waals surface area contributed by atoms with Gasteiger partial charge in [-0.1, -0.05) is 94.4 Å². The summed E-state index contributed by atoms with van der Waals surface area (Å²) in [6.07, 6.45) is 3.55. The standard InChI is InChI=1S/C24H28O/c1-22(2)16-20(19-15-21(22)23(19,3)4)24(25,17-11-7-5-8-12-17)18-13-9-6-10-14-18/h5-14,16,19,21,25H,15H2,1-4H3/t19-,21+/m1/s1. The van der Waals surface area contributed by atoms with Crippen LogP contribution in [-0.2, 0) is 5.60 Å². The Morgan fingerprint density at radius 1 is 0.840 bits per heavy atom. The normalized spacial score (nSPS) is 26.5. The van der Waals surface area contributed by atoms with Crippen LogP contribution in [0.25, 0.3) is 0 Å². The molecule has 0 spiro atoms. The second-order valence-electron chi connectivity index (χ2n) is 9.03. The van der Waals surface area contributed by atoms with Crippen molar-refractivity contribution in [2.75, 3.05) is 0 Å². The van der Waals surface area contributed by atoms with Crippen LogP contribution in [0.2, 0.25) is 0 Å². The third-order valence-corrected chi connectivity index (χ3v) is 6.87. The van der Waals surface area contributed by atoms with E-state index in [9.17, 15) is 5.11 Å². The van der Waals surface area contributed by atoms with Gasteiger partial charge in [-0.2, -0.15) is 0 Å². The minimum atomic E-state index is -1.06. The number of allylic oxidation sites excluding steroid dienone is 1. The Hall–Kier alpha value is -1.86. The summed E-state index contributed by atoms with van der Waals surface area (Å²) in [5.74, 6) is 1.11. The van der Waals surface area contributed by atoms with E-state index in [1.165, 1.54) is 12.0 Å². The molecule has 3 aliphatic rings. The Morgan fingerprint density at radius 2 is 1.32 bits per heavy atom. The maximum atomic E-state index is 12.2. The van der Waals surface area contributed by atoms with E-state index in [4.69, 9.17) is 0 Å². The lowest BCUT2D eigenvalue weighted by Crippen LogP contribution is -2.58. The van der Waals surface area contributed by atoms with E-state index in [-0.39, 0.29) is 10.8 Å². The van der Waals surface area contributed by atoms with E-state index in [0.717, 1.165) is 11.1 Å². The molecule has 0 amide bonds. The molecule has 2 aromatic rings. The Bertz CT molecular complexity index is 759. The van der Waals surface area contributed by atoms with Crippen LogP contribution in [0.15, 0.2) is 72.3 Å². The van der Waals surface area contributed by atoms with Crippen LogP contribution in [-0.4, -0.2) is 5.11 Å². The van der Waals surface area contributed by atoms with Crippen LogP contribution in [0.3, 0.4) is 0 Å². The molecule has 1 saturated carbocycles. The molecule has 2 bridgehead atoms. The third kappa shape index (κ3) is 2.25. The van der Waals surface area contributed by atoms with Crippen molar-refractivity contribution in [3.8, 4) is 0 Å². The topological polar surface area (TPSA) is 20.2 Å². The van der Waals surface area contributed by atoms with Gasteiger partial charge in [-0.05, 0) is 45.8 Å². The quantitative estimate of drug-likeness (QED) is 0.731. The fourth-order valence-electron chi connectivity index (χ4n) is 5.53. The molecule has 25 heavy (non-hydrogen) atoms. The molecule has 1 heteroatoms. The van der Waals surface area contributed by atoms with Crippen molar-refractivity contribution in [2.45, 2.75) is 39.7 Å². The Morgan fingerprint density at radius 3 is 1.72 bits per heavy atom. The van der Waals surface area contributed by atoms with E-state index in [1.807, 2.05) is 36.4 Å². The van der Waals surface area contributed by atoms with Gasteiger partial charge in [0.25, 0.3) is 0 Å². The number of hydrogen-bond acceptors (Lipinski definition) is 1. The molecule has 0 heterocycles. The average Bonchev–Trinajstić information content (AvgIpc) is 2.60. The van der Waals surface area contributed by atoms with Gasteiger partial charge in [0.05, 0.1) is 0 Å². The second-order valence-corrected chi connectivity index (χ2v) is 9.03. The summed E-state index contributed by atoms with van der Waals surface area (Å²) in [5.41, 5.74) is 2.37. The van der Waals surface area contributed by atoms with E-state index in [2.05, 4.69) is 58.0 Å². The first-order valence-corrected chi connectivity index (χ1v) is 9.34. The number of rotatable bonds is 3. The molecule has 2 atom stereocenters. The number of aliphatic hydroxyl groups is 1. The van der Waals surface area contributed by atoms with E-state index in [0.29, 0.717) is 11.8 Å². The summed E-state index contributed by atoms with van der Waals surface area (Å²) in [7, 11) is 0. The van der Waals surface area contributed by atoms with Crippen molar-refractivity contribution >= 4 is 0 Å². The zero-order valence-electron chi connectivity index (χ0n) is 15.7. The molecular weight excluding hydrogens is 304 g/mol. The fraction of sp³-hybridized carbons (Fsp3) is 0.417. The highest BCUT2D eigenvalue weighted by atomic mass is 16.3. The van der Waals surface area contributed by atoms with Gasteiger partial charge in [-0.3, -0.25) is 0 Å². The van der Waals surface area contributed by atoms with Crippen LogP contribution in [0, 0.1) is 22.7 Å².